The lowest BCUT2D eigenvalue weighted by atomic mass is 9.85. The molecule has 16 heavy (non-hydrogen) atoms. The molecular formula is C12H18BrN3. The van der Waals surface area contributed by atoms with Gasteiger partial charge in [0.25, 0.3) is 0 Å². The van der Waals surface area contributed by atoms with E-state index in [4.69, 9.17) is 0 Å². The van der Waals surface area contributed by atoms with E-state index in [0.717, 1.165) is 10.4 Å². The molecule has 1 aromatic heterocycles. The zero-order valence-corrected chi connectivity index (χ0v) is 11.1. The second kappa shape index (κ2) is 4.49. The molecule has 3 rings (SSSR count). The van der Waals surface area contributed by atoms with Crippen LogP contribution in [-0.2, 0) is 0 Å². The molecule has 1 saturated heterocycles. The molecular weight excluding hydrogens is 266 g/mol. The van der Waals surface area contributed by atoms with Gasteiger partial charge < -0.3 is 4.90 Å². The molecule has 0 radical (unpaired) electrons. The van der Waals surface area contributed by atoms with Crippen LogP contribution in [0.5, 0.6) is 0 Å². The van der Waals surface area contributed by atoms with Gasteiger partial charge >= 0.3 is 0 Å². The van der Waals surface area contributed by atoms with E-state index >= 15 is 0 Å². The van der Waals surface area contributed by atoms with Crippen LogP contribution in [0.25, 0.3) is 0 Å². The van der Waals surface area contributed by atoms with Crippen molar-refractivity contribution >= 4 is 15.9 Å². The van der Waals surface area contributed by atoms with Crippen LogP contribution in [0.2, 0.25) is 0 Å². The first-order valence-corrected chi connectivity index (χ1v) is 7.02. The summed E-state index contributed by atoms with van der Waals surface area (Å²) in [6, 6.07) is 0.589. The summed E-state index contributed by atoms with van der Waals surface area (Å²) in [6.07, 6.45) is 9.59. The molecule has 0 amide bonds. The van der Waals surface area contributed by atoms with E-state index in [1.54, 1.807) is 0 Å². The Labute approximate surface area is 105 Å². The molecule has 2 fully saturated rings. The van der Waals surface area contributed by atoms with E-state index in [9.17, 15) is 0 Å². The van der Waals surface area contributed by atoms with Crippen molar-refractivity contribution in [1.29, 1.82) is 0 Å². The van der Waals surface area contributed by atoms with E-state index in [2.05, 4.69) is 36.8 Å². The molecule has 0 bridgehead atoms. The lowest BCUT2D eigenvalue weighted by molar-refractivity contribution is 0.200. The average Bonchev–Trinajstić information content (AvgIpc) is 2.80. The summed E-state index contributed by atoms with van der Waals surface area (Å²) in [4.78, 5) is 2.62. The number of rotatable bonds is 3. The highest BCUT2D eigenvalue weighted by molar-refractivity contribution is 9.10. The molecule has 4 heteroatoms. The second-order valence-electron chi connectivity index (χ2n) is 5.14. The molecule has 0 N–H and O–H groups in total. The van der Waals surface area contributed by atoms with E-state index in [-0.39, 0.29) is 0 Å². The molecule has 1 atom stereocenters. The Balaban J connectivity index is 1.55. The Morgan fingerprint density at radius 2 is 2.25 bits per heavy atom. The number of hydrogen-bond acceptors (Lipinski definition) is 2. The van der Waals surface area contributed by atoms with E-state index in [1.807, 2.05) is 6.20 Å². The van der Waals surface area contributed by atoms with Crippen LogP contribution in [0.3, 0.4) is 0 Å². The third-order valence-electron chi connectivity index (χ3n) is 3.93. The molecule has 2 heterocycles. The molecule has 3 nitrogen and oxygen atoms in total. The van der Waals surface area contributed by atoms with Gasteiger partial charge in [0.15, 0.2) is 0 Å². The van der Waals surface area contributed by atoms with Crippen molar-refractivity contribution in [2.24, 2.45) is 5.92 Å². The van der Waals surface area contributed by atoms with Crippen molar-refractivity contribution in [3.63, 3.8) is 0 Å². The minimum Gasteiger partial charge on any atom is -0.301 e. The van der Waals surface area contributed by atoms with Crippen LogP contribution >= 0.6 is 15.9 Å². The van der Waals surface area contributed by atoms with Crippen molar-refractivity contribution in [2.75, 3.05) is 19.6 Å². The van der Waals surface area contributed by atoms with Gasteiger partial charge in [0, 0.05) is 25.8 Å². The Bertz CT molecular complexity index is 359. The molecule has 2 aliphatic rings. The number of halogens is 1. The predicted octanol–water partition coefficient (Wildman–Crippen LogP) is 2.69. The molecule has 1 aliphatic heterocycles. The minimum atomic E-state index is 0.589. The fraction of sp³-hybridized carbons (Fsp3) is 0.750. The van der Waals surface area contributed by atoms with E-state index in [0.29, 0.717) is 6.04 Å². The summed E-state index contributed by atoms with van der Waals surface area (Å²) < 4.78 is 3.20. The Hall–Kier alpha value is -0.350. The van der Waals surface area contributed by atoms with Gasteiger partial charge in [-0.05, 0) is 41.1 Å². The van der Waals surface area contributed by atoms with Crippen LogP contribution in [-0.4, -0.2) is 34.3 Å². The monoisotopic (exact) mass is 283 g/mol. The van der Waals surface area contributed by atoms with Crippen LogP contribution in [0.15, 0.2) is 16.9 Å². The number of nitrogens with zero attached hydrogens (tertiary/aromatic N) is 3. The molecule has 88 valence electrons. The second-order valence-corrected chi connectivity index (χ2v) is 6.05. The predicted molar refractivity (Wildman–Crippen MR) is 67.4 cm³/mol. The standard InChI is InChI=1S/C12H18BrN3/c13-11-6-14-16(8-11)12-4-5-15(9-12)7-10-2-1-3-10/h6,8,10,12H,1-5,7,9H2. The molecule has 0 spiro atoms. The first-order valence-electron chi connectivity index (χ1n) is 6.23. The third-order valence-corrected chi connectivity index (χ3v) is 4.34. The highest BCUT2D eigenvalue weighted by Gasteiger charge is 2.28. The van der Waals surface area contributed by atoms with Crippen molar-refractivity contribution in [3.8, 4) is 0 Å². The summed E-state index contributed by atoms with van der Waals surface area (Å²) in [5.74, 6) is 0.989. The highest BCUT2D eigenvalue weighted by atomic mass is 79.9. The van der Waals surface area contributed by atoms with Gasteiger partial charge in [0.2, 0.25) is 0 Å². The lowest BCUT2D eigenvalue weighted by Crippen LogP contribution is -2.31. The number of aromatic nitrogens is 2. The smallest absolute Gasteiger partial charge is 0.0658 e. The van der Waals surface area contributed by atoms with Gasteiger partial charge in [0.05, 0.1) is 16.7 Å². The quantitative estimate of drug-likeness (QED) is 0.851. The van der Waals surface area contributed by atoms with E-state index < -0.39 is 0 Å². The fourth-order valence-corrected chi connectivity index (χ4v) is 3.05. The SMILES string of the molecule is Brc1cnn(C2CCN(CC3CCC3)C2)c1. The number of hydrogen-bond donors (Lipinski definition) is 0. The molecule has 1 unspecified atom stereocenters. The van der Waals surface area contributed by atoms with Crippen LogP contribution in [0.1, 0.15) is 31.7 Å². The maximum Gasteiger partial charge on any atom is 0.0658 e. The fourth-order valence-electron chi connectivity index (χ4n) is 2.75. The molecule has 1 aromatic rings. The van der Waals surface area contributed by atoms with E-state index in [1.165, 1.54) is 45.3 Å². The normalized spacial score (nSPS) is 27.2. The summed E-state index contributed by atoms with van der Waals surface area (Å²) in [7, 11) is 0. The van der Waals surface area contributed by atoms with Crippen molar-refractivity contribution in [2.45, 2.75) is 31.7 Å². The van der Waals surface area contributed by atoms with Gasteiger partial charge in [-0.25, -0.2) is 0 Å². The lowest BCUT2D eigenvalue weighted by Gasteiger charge is -2.29. The van der Waals surface area contributed by atoms with Crippen LogP contribution in [0.4, 0.5) is 0 Å². The maximum atomic E-state index is 4.39. The Morgan fingerprint density at radius 1 is 1.38 bits per heavy atom. The molecule has 0 aromatic carbocycles. The van der Waals surface area contributed by atoms with Gasteiger partial charge in [-0.1, -0.05) is 6.42 Å². The molecule has 1 aliphatic carbocycles. The first kappa shape index (κ1) is 10.8. The highest BCUT2D eigenvalue weighted by Crippen LogP contribution is 2.30. The average molecular weight is 284 g/mol. The van der Waals surface area contributed by atoms with Crippen molar-refractivity contribution in [1.82, 2.24) is 14.7 Å². The summed E-state index contributed by atoms with van der Waals surface area (Å²) in [5.41, 5.74) is 0. The van der Waals surface area contributed by atoms with Crippen molar-refractivity contribution in [3.05, 3.63) is 16.9 Å². The van der Waals surface area contributed by atoms with Crippen LogP contribution in [0, 0.1) is 5.92 Å². The summed E-state index contributed by atoms with van der Waals surface area (Å²) >= 11 is 3.46. The summed E-state index contributed by atoms with van der Waals surface area (Å²) in [6.45, 7) is 3.75. The third kappa shape index (κ3) is 2.18. The Morgan fingerprint density at radius 3 is 2.88 bits per heavy atom. The van der Waals surface area contributed by atoms with Gasteiger partial charge in [-0.2, -0.15) is 5.10 Å². The maximum absolute atomic E-state index is 4.39. The van der Waals surface area contributed by atoms with Gasteiger partial charge in [-0.15, -0.1) is 0 Å². The van der Waals surface area contributed by atoms with Crippen molar-refractivity contribution < 1.29 is 0 Å². The summed E-state index contributed by atoms with van der Waals surface area (Å²) in [5, 5.41) is 4.39. The minimum absolute atomic E-state index is 0.589. The van der Waals surface area contributed by atoms with Gasteiger partial charge in [0.1, 0.15) is 0 Å². The topological polar surface area (TPSA) is 21.1 Å². The Kier molecular flexibility index (Phi) is 3.03. The largest absolute Gasteiger partial charge is 0.301 e. The van der Waals surface area contributed by atoms with Gasteiger partial charge in [-0.3, -0.25) is 4.68 Å². The zero-order chi connectivity index (χ0) is 11.0. The van der Waals surface area contributed by atoms with Crippen LogP contribution < -0.4 is 0 Å². The number of likely N-dealkylation sites (tertiary alicyclic amines) is 1. The first-order chi connectivity index (χ1) is 7.81. The zero-order valence-electron chi connectivity index (χ0n) is 9.48. The molecule has 1 saturated carbocycles.